The molecule has 0 unspecified atom stereocenters. The minimum atomic E-state index is -0.0978. The number of urea groups is 1. The van der Waals surface area contributed by atoms with Crippen LogP contribution in [0.3, 0.4) is 0 Å². The van der Waals surface area contributed by atoms with E-state index >= 15 is 0 Å². The van der Waals surface area contributed by atoms with E-state index in [-0.39, 0.29) is 6.03 Å². The minimum Gasteiger partial charge on any atom is -0.380 e. The fourth-order valence-corrected chi connectivity index (χ4v) is 3.03. The number of ether oxygens (including phenoxy) is 1. The number of piperidine rings is 1. The largest absolute Gasteiger partial charge is 0.380 e. The molecule has 0 aromatic heterocycles. The first-order valence-corrected chi connectivity index (χ1v) is 8.98. The van der Waals surface area contributed by atoms with Gasteiger partial charge in [0.2, 0.25) is 0 Å². The summed E-state index contributed by atoms with van der Waals surface area (Å²) in [6.07, 6.45) is 3.61. The van der Waals surface area contributed by atoms with E-state index in [0.717, 1.165) is 36.6 Å². The van der Waals surface area contributed by atoms with E-state index in [4.69, 9.17) is 4.74 Å². The highest BCUT2D eigenvalue weighted by Gasteiger charge is 2.14. The molecule has 134 valence electrons. The van der Waals surface area contributed by atoms with Gasteiger partial charge in [0.25, 0.3) is 0 Å². The highest BCUT2D eigenvalue weighted by molar-refractivity contribution is 5.73. The van der Waals surface area contributed by atoms with Crippen molar-refractivity contribution in [1.29, 1.82) is 0 Å². The number of rotatable bonds is 8. The van der Waals surface area contributed by atoms with Crippen LogP contribution in [0, 0.1) is 5.92 Å². The molecule has 1 fully saturated rings. The molecule has 2 N–H and O–H groups in total. The lowest BCUT2D eigenvalue weighted by molar-refractivity contribution is 0.185. The number of amides is 2. The summed E-state index contributed by atoms with van der Waals surface area (Å²) in [5.74, 6) is 0.868. The van der Waals surface area contributed by atoms with Gasteiger partial charge in [-0.15, -0.1) is 0 Å². The van der Waals surface area contributed by atoms with Gasteiger partial charge in [-0.2, -0.15) is 0 Å². The van der Waals surface area contributed by atoms with Crippen LogP contribution < -0.4 is 10.6 Å². The van der Waals surface area contributed by atoms with Crippen molar-refractivity contribution >= 4 is 6.03 Å². The molecule has 24 heavy (non-hydrogen) atoms. The monoisotopic (exact) mass is 333 g/mol. The van der Waals surface area contributed by atoms with E-state index in [1.54, 1.807) is 7.11 Å². The molecule has 2 rings (SSSR count). The molecule has 0 spiro atoms. The predicted octanol–water partition coefficient (Wildman–Crippen LogP) is 2.75. The first-order valence-electron chi connectivity index (χ1n) is 8.98. The Morgan fingerprint density at radius 1 is 1.25 bits per heavy atom. The molecular weight excluding hydrogens is 302 g/mol. The Labute approximate surface area is 145 Å². The standard InChI is InChI=1S/C19H31N3O2/c1-16-7-11-22(12-8-16)10-4-9-20-19(23)21-14-17-5-3-6-18(13-17)15-24-2/h3,5-6,13,16H,4,7-12,14-15H2,1-2H3,(H2,20,21,23). The zero-order chi connectivity index (χ0) is 17.2. The molecule has 2 amide bonds. The van der Waals surface area contributed by atoms with Crippen LogP contribution in [0.1, 0.15) is 37.3 Å². The first kappa shape index (κ1) is 18.7. The zero-order valence-corrected chi connectivity index (χ0v) is 15.0. The van der Waals surface area contributed by atoms with Gasteiger partial charge in [-0.3, -0.25) is 0 Å². The molecule has 5 nitrogen and oxygen atoms in total. The van der Waals surface area contributed by atoms with Crippen molar-refractivity contribution < 1.29 is 9.53 Å². The van der Waals surface area contributed by atoms with Crippen LogP contribution in [0.4, 0.5) is 4.79 Å². The summed E-state index contributed by atoms with van der Waals surface area (Å²) in [5.41, 5.74) is 2.20. The van der Waals surface area contributed by atoms with Gasteiger partial charge in [-0.05, 0) is 55.9 Å². The molecule has 0 radical (unpaired) electrons. The van der Waals surface area contributed by atoms with Crippen LogP contribution >= 0.6 is 0 Å². The molecular formula is C19H31N3O2. The molecule has 1 aliphatic heterocycles. The Bertz CT molecular complexity index is 499. The van der Waals surface area contributed by atoms with Gasteiger partial charge in [0, 0.05) is 20.2 Å². The third-order valence-corrected chi connectivity index (χ3v) is 4.57. The van der Waals surface area contributed by atoms with Crippen molar-refractivity contribution in [2.45, 2.75) is 39.3 Å². The minimum absolute atomic E-state index is 0.0978. The van der Waals surface area contributed by atoms with Crippen molar-refractivity contribution in [3.63, 3.8) is 0 Å². The summed E-state index contributed by atoms with van der Waals surface area (Å²) >= 11 is 0. The summed E-state index contributed by atoms with van der Waals surface area (Å²) < 4.78 is 5.13. The van der Waals surface area contributed by atoms with Crippen molar-refractivity contribution in [2.75, 3.05) is 33.3 Å². The molecule has 1 heterocycles. The number of likely N-dealkylation sites (tertiary alicyclic amines) is 1. The first-order chi connectivity index (χ1) is 11.7. The summed E-state index contributed by atoms with van der Waals surface area (Å²) in [4.78, 5) is 14.4. The van der Waals surface area contributed by atoms with Gasteiger partial charge in [0.1, 0.15) is 0 Å². The summed E-state index contributed by atoms with van der Waals surface area (Å²) in [6.45, 7) is 7.65. The second-order valence-corrected chi connectivity index (χ2v) is 6.74. The lowest BCUT2D eigenvalue weighted by Gasteiger charge is -2.30. The average molecular weight is 333 g/mol. The van der Waals surface area contributed by atoms with Crippen LogP contribution in [0.25, 0.3) is 0 Å². The highest BCUT2D eigenvalue weighted by atomic mass is 16.5. The molecule has 0 aliphatic carbocycles. The quantitative estimate of drug-likeness (QED) is 0.719. The van der Waals surface area contributed by atoms with Gasteiger partial charge in [-0.25, -0.2) is 4.79 Å². The maximum atomic E-state index is 11.9. The number of nitrogens with one attached hydrogen (secondary N) is 2. The number of hydrogen-bond acceptors (Lipinski definition) is 3. The van der Waals surface area contributed by atoms with Crippen molar-refractivity contribution in [3.05, 3.63) is 35.4 Å². The molecule has 1 saturated heterocycles. The molecule has 0 bridgehead atoms. The van der Waals surface area contributed by atoms with Gasteiger partial charge in [-0.1, -0.05) is 31.2 Å². The second-order valence-electron chi connectivity index (χ2n) is 6.74. The smallest absolute Gasteiger partial charge is 0.315 e. The molecule has 1 aromatic rings. The molecule has 0 atom stereocenters. The van der Waals surface area contributed by atoms with E-state index in [2.05, 4.69) is 28.5 Å². The number of nitrogens with zero attached hydrogens (tertiary/aromatic N) is 1. The Morgan fingerprint density at radius 2 is 2.00 bits per heavy atom. The fraction of sp³-hybridized carbons (Fsp3) is 0.632. The SMILES string of the molecule is COCc1cccc(CNC(=O)NCCCN2CCC(C)CC2)c1. The molecule has 0 saturated carbocycles. The second kappa shape index (κ2) is 10.3. The maximum absolute atomic E-state index is 11.9. The van der Waals surface area contributed by atoms with E-state index in [9.17, 15) is 4.79 Å². The predicted molar refractivity (Wildman–Crippen MR) is 96.8 cm³/mol. The van der Waals surface area contributed by atoms with Crippen molar-refractivity contribution in [3.8, 4) is 0 Å². The van der Waals surface area contributed by atoms with Crippen molar-refractivity contribution in [1.82, 2.24) is 15.5 Å². The number of hydrogen-bond donors (Lipinski definition) is 2. The average Bonchev–Trinajstić information content (AvgIpc) is 2.59. The topological polar surface area (TPSA) is 53.6 Å². The van der Waals surface area contributed by atoms with Gasteiger partial charge in [0.05, 0.1) is 6.61 Å². The van der Waals surface area contributed by atoms with Gasteiger partial charge in [0.15, 0.2) is 0 Å². The lowest BCUT2D eigenvalue weighted by atomic mass is 9.99. The van der Waals surface area contributed by atoms with Crippen LogP contribution in [-0.2, 0) is 17.9 Å². The van der Waals surface area contributed by atoms with Crippen molar-refractivity contribution in [2.24, 2.45) is 5.92 Å². The summed E-state index contributed by atoms with van der Waals surface area (Å²) in [6, 6.07) is 7.98. The van der Waals surface area contributed by atoms with Gasteiger partial charge >= 0.3 is 6.03 Å². The van der Waals surface area contributed by atoms with E-state index in [1.165, 1.54) is 25.9 Å². The normalized spacial score (nSPS) is 16.1. The van der Waals surface area contributed by atoms with E-state index < -0.39 is 0 Å². The van der Waals surface area contributed by atoms with E-state index in [0.29, 0.717) is 13.2 Å². The van der Waals surface area contributed by atoms with Crippen LogP contribution in [0.2, 0.25) is 0 Å². The third kappa shape index (κ3) is 6.89. The summed E-state index contributed by atoms with van der Waals surface area (Å²) in [5, 5.41) is 5.85. The number of carbonyl (C=O) groups excluding carboxylic acids is 1. The Hall–Kier alpha value is -1.59. The number of methoxy groups -OCH3 is 1. The Morgan fingerprint density at radius 3 is 2.75 bits per heavy atom. The van der Waals surface area contributed by atoms with Gasteiger partial charge < -0.3 is 20.3 Å². The van der Waals surface area contributed by atoms with Crippen LogP contribution in [0.5, 0.6) is 0 Å². The third-order valence-electron chi connectivity index (χ3n) is 4.57. The van der Waals surface area contributed by atoms with E-state index in [1.807, 2.05) is 18.2 Å². The fourth-order valence-electron chi connectivity index (χ4n) is 3.03. The molecule has 1 aromatic carbocycles. The number of benzene rings is 1. The molecule has 5 heteroatoms. The summed E-state index contributed by atoms with van der Waals surface area (Å²) in [7, 11) is 1.68. The number of carbonyl (C=O) groups is 1. The zero-order valence-electron chi connectivity index (χ0n) is 15.0. The Kier molecular flexibility index (Phi) is 8.05. The molecule has 1 aliphatic rings. The highest BCUT2D eigenvalue weighted by Crippen LogP contribution is 2.15. The Balaban J connectivity index is 1.57. The van der Waals surface area contributed by atoms with Crippen LogP contribution in [-0.4, -0.2) is 44.2 Å². The van der Waals surface area contributed by atoms with Crippen LogP contribution in [0.15, 0.2) is 24.3 Å². The lowest BCUT2D eigenvalue weighted by Crippen LogP contribution is -2.38. The maximum Gasteiger partial charge on any atom is 0.315 e.